The van der Waals surface area contributed by atoms with Gasteiger partial charge in [0, 0.05) is 33.3 Å². The molecule has 3 heterocycles. The number of thiazole rings is 1. The quantitative estimate of drug-likeness (QED) is 0.177. The van der Waals surface area contributed by atoms with E-state index in [4.69, 9.17) is 32.0 Å². The van der Waals surface area contributed by atoms with Crippen LogP contribution in [0.4, 0.5) is 5.69 Å². The Hall–Kier alpha value is -3.53. The number of aromatic nitrogens is 1. The topological polar surface area (TPSA) is 116 Å². The number of halogens is 2. The number of nitrogens with zero attached hydrogens (tertiary/aromatic N) is 2. The molecule has 0 unspecified atom stereocenters. The zero-order chi connectivity index (χ0) is 22.6. The van der Waals surface area contributed by atoms with E-state index in [0.717, 1.165) is 11.3 Å². The van der Waals surface area contributed by atoms with Crippen LogP contribution in [0.15, 0.2) is 66.3 Å². The van der Waals surface area contributed by atoms with Crippen molar-refractivity contribution < 1.29 is 13.8 Å². The van der Waals surface area contributed by atoms with Crippen molar-refractivity contribution in [3.05, 3.63) is 88.8 Å². The van der Waals surface area contributed by atoms with Gasteiger partial charge in [0.2, 0.25) is 0 Å². The third-order valence-electron chi connectivity index (χ3n) is 4.69. The summed E-state index contributed by atoms with van der Waals surface area (Å²) in [6, 6.07) is 10.0. The van der Waals surface area contributed by atoms with Gasteiger partial charge in [0.05, 0.1) is 26.8 Å². The third kappa shape index (κ3) is 3.46. The van der Waals surface area contributed by atoms with Crippen LogP contribution in [0.5, 0.6) is 0 Å². The molecule has 11 heteroatoms. The molecule has 0 aliphatic rings. The molecule has 5 rings (SSSR count). The molecule has 2 aromatic carbocycles. The van der Waals surface area contributed by atoms with Crippen molar-refractivity contribution in [1.29, 1.82) is 0 Å². The van der Waals surface area contributed by atoms with Gasteiger partial charge in [-0.2, -0.15) is 0 Å². The second-order valence-electron chi connectivity index (χ2n) is 6.72. The van der Waals surface area contributed by atoms with Gasteiger partial charge in [-0.3, -0.25) is 10.1 Å². The molecule has 32 heavy (non-hydrogen) atoms. The lowest BCUT2D eigenvalue weighted by molar-refractivity contribution is -0.384. The molecule has 0 atom stereocenters. The number of nitro benzene ring substituents is 1. The Balaban J connectivity index is 1.64. The predicted molar refractivity (Wildman–Crippen MR) is 122 cm³/mol. The molecule has 0 N–H and O–H groups in total. The van der Waals surface area contributed by atoms with Crippen LogP contribution in [0, 0.1) is 10.1 Å². The summed E-state index contributed by atoms with van der Waals surface area (Å²) >= 11 is 13.2. The van der Waals surface area contributed by atoms with Gasteiger partial charge in [-0.1, -0.05) is 23.2 Å². The summed E-state index contributed by atoms with van der Waals surface area (Å²) in [6.45, 7) is 0. The maximum absolute atomic E-state index is 12.5. The van der Waals surface area contributed by atoms with Crippen molar-refractivity contribution in [3.63, 3.8) is 0 Å². The van der Waals surface area contributed by atoms with Gasteiger partial charge in [0.15, 0.2) is 5.58 Å². The highest BCUT2D eigenvalue weighted by Crippen LogP contribution is 2.32. The first-order valence-electron chi connectivity index (χ1n) is 8.91. The van der Waals surface area contributed by atoms with Crippen LogP contribution in [0.1, 0.15) is 0 Å². The monoisotopic (exact) mass is 486 g/mol. The van der Waals surface area contributed by atoms with Crippen molar-refractivity contribution in [1.82, 2.24) is 4.98 Å². The second-order valence-corrected chi connectivity index (χ2v) is 8.42. The smallest absolute Gasteiger partial charge is 0.346 e. The fourth-order valence-electron chi connectivity index (χ4n) is 3.23. The van der Waals surface area contributed by atoms with Crippen LogP contribution in [0.3, 0.4) is 0 Å². The van der Waals surface area contributed by atoms with E-state index in [0.29, 0.717) is 15.8 Å². The van der Waals surface area contributed by atoms with E-state index in [-0.39, 0.29) is 43.7 Å². The molecular formula is C21H8Cl2N2O6S. The van der Waals surface area contributed by atoms with E-state index in [9.17, 15) is 19.7 Å². The SMILES string of the molecule is O=c1oc2c(Cl)cc(Cl)cc2cc1-c1csc(-c2cc3cc([N+](=O)[O-])ccc3oc2=O)n1. The largest absolute Gasteiger partial charge is 0.422 e. The van der Waals surface area contributed by atoms with Crippen molar-refractivity contribution in [3.8, 4) is 21.8 Å². The van der Waals surface area contributed by atoms with E-state index in [1.54, 1.807) is 17.5 Å². The number of non-ortho nitro benzene ring substituents is 1. The van der Waals surface area contributed by atoms with E-state index in [2.05, 4.69) is 4.98 Å². The zero-order valence-electron chi connectivity index (χ0n) is 15.6. The van der Waals surface area contributed by atoms with Gasteiger partial charge in [-0.15, -0.1) is 11.3 Å². The highest BCUT2D eigenvalue weighted by molar-refractivity contribution is 7.13. The van der Waals surface area contributed by atoms with Crippen molar-refractivity contribution in [2.75, 3.05) is 0 Å². The molecule has 0 radical (unpaired) electrons. The number of hydrogen-bond donors (Lipinski definition) is 0. The fraction of sp³-hybridized carbons (Fsp3) is 0. The Bertz CT molecular complexity index is 1690. The maximum atomic E-state index is 12.5. The molecule has 3 aromatic heterocycles. The lowest BCUT2D eigenvalue weighted by Gasteiger charge is -2.02. The molecule has 0 spiro atoms. The standard InChI is InChI=1S/C21H8Cl2N2O6S/c22-11-3-10-6-13(20(26)31-18(10)15(23)7-11)16-8-32-19(24-16)14-5-9-4-12(25(28)29)1-2-17(9)30-21(14)27/h1-8H. The molecule has 0 aliphatic carbocycles. The first-order chi connectivity index (χ1) is 15.3. The van der Waals surface area contributed by atoms with Crippen LogP contribution in [-0.2, 0) is 0 Å². The minimum Gasteiger partial charge on any atom is -0.422 e. The van der Waals surface area contributed by atoms with Crippen molar-refractivity contribution >= 4 is 62.2 Å². The van der Waals surface area contributed by atoms with Gasteiger partial charge in [-0.25, -0.2) is 14.6 Å². The lowest BCUT2D eigenvalue weighted by Crippen LogP contribution is -2.04. The summed E-state index contributed by atoms with van der Waals surface area (Å²) < 4.78 is 10.6. The normalized spacial score (nSPS) is 11.3. The van der Waals surface area contributed by atoms with E-state index in [1.165, 1.54) is 30.3 Å². The first kappa shape index (κ1) is 20.4. The van der Waals surface area contributed by atoms with E-state index >= 15 is 0 Å². The van der Waals surface area contributed by atoms with Gasteiger partial charge in [0.1, 0.15) is 10.6 Å². The minimum atomic E-state index is -0.656. The summed E-state index contributed by atoms with van der Waals surface area (Å²) in [5.41, 5.74) is -0.457. The van der Waals surface area contributed by atoms with Gasteiger partial charge in [0.25, 0.3) is 5.69 Å². The van der Waals surface area contributed by atoms with Gasteiger partial charge < -0.3 is 8.83 Å². The number of fused-ring (bicyclic) bond motifs is 2. The van der Waals surface area contributed by atoms with E-state index in [1.807, 2.05) is 0 Å². The molecule has 0 saturated carbocycles. The molecule has 5 aromatic rings. The average molecular weight is 487 g/mol. The van der Waals surface area contributed by atoms with Crippen LogP contribution in [-0.4, -0.2) is 9.91 Å². The molecule has 158 valence electrons. The first-order valence-corrected chi connectivity index (χ1v) is 10.6. The van der Waals surface area contributed by atoms with Crippen molar-refractivity contribution in [2.45, 2.75) is 0 Å². The molecule has 0 aliphatic heterocycles. The Kier molecular flexibility index (Phi) is 4.81. The summed E-state index contributed by atoms with van der Waals surface area (Å²) in [7, 11) is 0. The molecular weight excluding hydrogens is 479 g/mol. The number of benzene rings is 2. The highest BCUT2D eigenvalue weighted by atomic mass is 35.5. The Labute approximate surface area is 191 Å². The van der Waals surface area contributed by atoms with Crippen molar-refractivity contribution in [2.24, 2.45) is 0 Å². The number of rotatable bonds is 3. The molecule has 0 saturated heterocycles. The predicted octanol–water partition coefficient (Wildman–Crippen LogP) is 5.90. The number of hydrogen-bond acceptors (Lipinski definition) is 8. The van der Waals surface area contributed by atoms with Crippen LogP contribution in [0.25, 0.3) is 43.8 Å². The van der Waals surface area contributed by atoms with Crippen LogP contribution in [0.2, 0.25) is 10.0 Å². The van der Waals surface area contributed by atoms with Gasteiger partial charge in [-0.05, 0) is 30.3 Å². The Morgan fingerprint density at radius 2 is 1.69 bits per heavy atom. The molecule has 0 bridgehead atoms. The molecule has 8 nitrogen and oxygen atoms in total. The highest BCUT2D eigenvalue weighted by Gasteiger charge is 2.17. The third-order valence-corrected chi connectivity index (χ3v) is 6.06. The average Bonchev–Trinajstić information content (AvgIpc) is 3.22. The number of nitro groups is 1. The minimum absolute atomic E-state index is 0.116. The summed E-state index contributed by atoms with van der Waals surface area (Å²) in [5.74, 6) is 0. The van der Waals surface area contributed by atoms with E-state index < -0.39 is 16.2 Å². The van der Waals surface area contributed by atoms with Gasteiger partial charge >= 0.3 is 11.3 Å². The lowest BCUT2D eigenvalue weighted by atomic mass is 10.1. The summed E-state index contributed by atoms with van der Waals surface area (Å²) in [4.78, 5) is 39.9. The zero-order valence-corrected chi connectivity index (χ0v) is 18.0. The molecule has 0 fully saturated rings. The maximum Gasteiger partial charge on any atom is 0.346 e. The van der Waals surface area contributed by atoms with Crippen LogP contribution >= 0.6 is 34.5 Å². The summed E-state index contributed by atoms with van der Waals surface area (Å²) in [5, 5.41) is 14.4. The molecule has 0 amide bonds. The Morgan fingerprint density at radius 1 is 0.938 bits per heavy atom. The Morgan fingerprint density at radius 3 is 2.47 bits per heavy atom. The van der Waals surface area contributed by atoms with Crippen LogP contribution < -0.4 is 11.3 Å². The summed E-state index contributed by atoms with van der Waals surface area (Å²) in [6.07, 6.45) is 0. The second kappa shape index (κ2) is 7.56. The fourth-order valence-corrected chi connectivity index (χ4v) is 4.60.